The molecule has 0 spiro atoms. The molecular formula is C17H15NO6. The molecular weight excluding hydrogens is 314 g/mol. The van der Waals surface area contributed by atoms with Gasteiger partial charge in [-0.3, -0.25) is 10.1 Å². The van der Waals surface area contributed by atoms with Crippen LogP contribution in [0.2, 0.25) is 0 Å². The van der Waals surface area contributed by atoms with Crippen molar-refractivity contribution < 1.29 is 24.4 Å². The van der Waals surface area contributed by atoms with Crippen molar-refractivity contribution in [2.75, 3.05) is 6.61 Å². The average molecular weight is 329 g/mol. The van der Waals surface area contributed by atoms with Gasteiger partial charge >= 0.3 is 11.9 Å². The first-order valence-corrected chi connectivity index (χ1v) is 7.14. The van der Waals surface area contributed by atoms with Gasteiger partial charge in [-0.05, 0) is 11.6 Å². The lowest BCUT2D eigenvalue weighted by Gasteiger charge is -2.13. The number of nitro groups is 1. The molecule has 0 saturated heterocycles. The zero-order chi connectivity index (χ0) is 17.7. The summed E-state index contributed by atoms with van der Waals surface area (Å²) in [7, 11) is 0. The van der Waals surface area contributed by atoms with Crippen LogP contribution in [0.25, 0.3) is 0 Å². The molecule has 24 heavy (non-hydrogen) atoms. The van der Waals surface area contributed by atoms with Crippen LogP contribution >= 0.6 is 0 Å². The summed E-state index contributed by atoms with van der Waals surface area (Å²) in [4.78, 5) is 33.6. The van der Waals surface area contributed by atoms with Crippen LogP contribution in [0.3, 0.4) is 0 Å². The van der Waals surface area contributed by atoms with E-state index in [0.717, 1.165) is 11.6 Å². The molecule has 1 atom stereocenters. The van der Waals surface area contributed by atoms with E-state index < -0.39 is 28.1 Å². The maximum atomic E-state index is 12.2. The Kier molecular flexibility index (Phi) is 5.26. The van der Waals surface area contributed by atoms with Crippen molar-refractivity contribution in [1.29, 1.82) is 0 Å². The molecule has 1 N–H and O–H groups in total. The number of esters is 1. The number of carbonyl (C=O) groups excluding carboxylic acids is 1. The van der Waals surface area contributed by atoms with Crippen molar-refractivity contribution in [1.82, 2.24) is 0 Å². The Labute approximate surface area is 137 Å². The van der Waals surface area contributed by atoms with E-state index >= 15 is 0 Å². The van der Waals surface area contributed by atoms with E-state index in [-0.39, 0.29) is 18.1 Å². The van der Waals surface area contributed by atoms with Gasteiger partial charge in [-0.25, -0.2) is 9.59 Å². The van der Waals surface area contributed by atoms with Crippen molar-refractivity contribution in [2.45, 2.75) is 12.8 Å². The summed E-state index contributed by atoms with van der Waals surface area (Å²) in [6, 6.07) is 12.8. The summed E-state index contributed by atoms with van der Waals surface area (Å²) < 4.78 is 5.14. The number of nitrogens with zero attached hydrogens (tertiary/aromatic N) is 1. The molecule has 2 aromatic rings. The van der Waals surface area contributed by atoms with Crippen LogP contribution in [-0.4, -0.2) is 28.6 Å². The fraction of sp³-hybridized carbons (Fsp3) is 0.176. The number of nitro benzene ring substituents is 1. The second-order valence-electron chi connectivity index (χ2n) is 5.17. The fourth-order valence-corrected chi connectivity index (χ4v) is 2.24. The number of aromatic carboxylic acids is 1. The summed E-state index contributed by atoms with van der Waals surface area (Å²) in [6.45, 7) is 1.89. The van der Waals surface area contributed by atoms with E-state index in [1.165, 1.54) is 12.1 Å². The minimum Gasteiger partial charge on any atom is -0.477 e. The summed E-state index contributed by atoms with van der Waals surface area (Å²) in [6.07, 6.45) is 0. The fourth-order valence-electron chi connectivity index (χ4n) is 2.24. The summed E-state index contributed by atoms with van der Waals surface area (Å²) in [5.74, 6) is -2.55. The molecule has 0 aromatic heterocycles. The van der Waals surface area contributed by atoms with Crippen LogP contribution < -0.4 is 0 Å². The number of carboxylic acid groups (broad SMARTS) is 1. The Morgan fingerprint density at radius 1 is 1.17 bits per heavy atom. The highest BCUT2D eigenvalue weighted by Crippen LogP contribution is 2.24. The molecule has 0 bridgehead atoms. The Hall–Kier alpha value is -3.22. The number of ether oxygens (including phenoxy) is 1. The van der Waals surface area contributed by atoms with Gasteiger partial charge < -0.3 is 9.84 Å². The smallest absolute Gasteiger partial charge is 0.343 e. The van der Waals surface area contributed by atoms with Gasteiger partial charge in [0, 0.05) is 12.0 Å². The standard InChI is InChI=1S/C17H15NO6/c1-11(12-6-3-2-4-7-12)10-24-17(21)13-8-5-9-14(18(22)23)15(13)16(19)20/h2-9,11H,10H2,1H3,(H,19,20)/t11-/m0/s1. The topological polar surface area (TPSA) is 107 Å². The number of carbonyl (C=O) groups is 2. The molecule has 0 unspecified atom stereocenters. The SMILES string of the molecule is C[C@@H](COC(=O)c1cccc([N+](=O)[O-])c1C(=O)O)c1ccccc1. The first-order valence-electron chi connectivity index (χ1n) is 7.14. The molecule has 0 aliphatic heterocycles. The molecule has 0 amide bonds. The zero-order valence-corrected chi connectivity index (χ0v) is 12.8. The molecule has 2 rings (SSSR count). The van der Waals surface area contributed by atoms with Crippen LogP contribution in [0, 0.1) is 10.1 Å². The molecule has 0 fully saturated rings. The highest BCUT2D eigenvalue weighted by molar-refractivity contribution is 6.05. The molecule has 0 heterocycles. The second-order valence-corrected chi connectivity index (χ2v) is 5.17. The van der Waals surface area contributed by atoms with E-state index in [0.29, 0.717) is 0 Å². The summed E-state index contributed by atoms with van der Waals surface area (Å²) in [5, 5.41) is 20.1. The Balaban J connectivity index is 2.20. The van der Waals surface area contributed by atoms with Crippen molar-refractivity contribution in [3.8, 4) is 0 Å². The predicted molar refractivity (Wildman–Crippen MR) is 85.2 cm³/mol. The maximum absolute atomic E-state index is 12.2. The molecule has 2 aromatic carbocycles. The van der Waals surface area contributed by atoms with Crippen LogP contribution in [-0.2, 0) is 4.74 Å². The highest BCUT2D eigenvalue weighted by Gasteiger charge is 2.27. The third kappa shape index (κ3) is 3.75. The van der Waals surface area contributed by atoms with Crippen LogP contribution in [0.5, 0.6) is 0 Å². The largest absolute Gasteiger partial charge is 0.477 e. The molecule has 0 aliphatic rings. The number of rotatable bonds is 6. The Morgan fingerprint density at radius 3 is 2.42 bits per heavy atom. The van der Waals surface area contributed by atoms with Crippen molar-refractivity contribution >= 4 is 17.6 Å². The molecule has 0 aliphatic carbocycles. The molecule has 7 heteroatoms. The lowest BCUT2D eigenvalue weighted by Crippen LogP contribution is -2.16. The van der Waals surface area contributed by atoms with E-state index in [9.17, 15) is 24.8 Å². The zero-order valence-electron chi connectivity index (χ0n) is 12.8. The lowest BCUT2D eigenvalue weighted by atomic mass is 10.0. The van der Waals surface area contributed by atoms with Gasteiger partial charge in [-0.15, -0.1) is 0 Å². The van der Waals surface area contributed by atoms with E-state index in [1.54, 1.807) is 0 Å². The average Bonchev–Trinajstić information content (AvgIpc) is 2.59. The lowest BCUT2D eigenvalue weighted by molar-refractivity contribution is -0.385. The first-order chi connectivity index (χ1) is 11.4. The monoisotopic (exact) mass is 329 g/mol. The third-order valence-electron chi connectivity index (χ3n) is 3.51. The quantitative estimate of drug-likeness (QED) is 0.495. The molecule has 124 valence electrons. The molecule has 7 nitrogen and oxygen atoms in total. The number of hydrogen-bond donors (Lipinski definition) is 1. The third-order valence-corrected chi connectivity index (χ3v) is 3.51. The van der Waals surface area contributed by atoms with Crippen molar-refractivity contribution in [2.24, 2.45) is 0 Å². The Bertz CT molecular complexity index is 772. The molecule has 0 saturated carbocycles. The summed E-state index contributed by atoms with van der Waals surface area (Å²) >= 11 is 0. The van der Waals surface area contributed by atoms with Crippen LogP contribution in [0.15, 0.2) is 48.5 Å². The first kappa shape index (κ1) is 17.1. The Morgan fingerprint density at radius 2 is 1.83 bits per heavy atom. The minimum atomic E-state index is -1.55. The normalized spacial score (nSPS) is 11.5. The van der Waals surface area contributed by atoms with Gasteiger partial charge in [-0.2, -0.15) is 0 Å². The van der Waals surface area contributed by atoms with Gasteiger partial charge in [0.2, 0.25) is 0 Å². The predicted octanol–water partition coefficient (Wildman–Crippen LogP) is 3.25. The van der Waals surface area contributed by atoms with Crippen molar-refractivity contribution in [3.05, 3.63) is 75.3 Å². The van der Waals surface area contributed by atoms with Gasteiger partial charge in [0.1, 0.15) is 0 Å². The summed E-state index contributed by atoms with van der Waals surface area (Å²) in [5.41, 5.74) is -0.687. The van der Waals surface area contributed by atoms with E-state index in [4.69, 9.17) is 4.74 Å². The van der Waals surface area contributed by atoms with Gasteiger partial charge in [-0.1, -0.05) is 43.3 Å². The molecule has 0 radical (unpaired) electrons. The van der Waals surface area contributed by atoms with E-state index in [1.807, 2.05) is 37.3 Å². The number of carboxylic acids is 1. The van der Waals surface area contributed by atoms with Gasteiger partial charge in [0.15, 0.2) is 5.56 Å². The van der Waals surface area contributed by atoms with E-state index in [2.05, 4.69) is 0 Å². The van der Waals surface area contributed by atoms with Crippen LogP contribution in [0.1, 0.15) is 39.1 Å². The van der Waals surface area contributed by atoms with Crippen LogP contribution in [0.4, 0.5) is 5.69 Å². The maximum Gasteiger partial charge on any atom is 0.343 e. The van der Waals surface area contributed by atoms with Crippen molar-refractivity contribution in [3.63, 3.8) is 0 Å². The minimum absolute atomic E-state index is 0.0323. The highest BCUT2D eigenvalue weighted by atomic mass is 16.6. The van der Waals surface area contributed by atoms with Gasteiger partial charge in [0.25, 0.3) is 5.69 Å². The number of benzene rings is 2. The van der Waals surface area contributed by atoms with Gasteiger partial charge in [0.05, 0.1) is 17.1 Å². The second kappa shape index (κ2) is 7.36. The number of hydrogen-bond acceptors (Lipinski definition) is 5.